The van der Waals surface area contributed by atoms with Crippen molar-refractivity contribution in [3.8, 4) is 17.2 Å². The molecule has 30 heavy (non-hydrogen) atoms. The van der Waals surface area contributed by atoms with Gasteiger partial charge in [-0.25, -0.2) is 8.42 Å². The predicted octanol–water partition coefficient (Wildman–Crippen LogP) is 2.47. The van der Waals surface area contributed by atoms with Gasteiger partial charge in [-0.15, -0.1) is 0 Å². The molecule has 1 heterocycles. The van der Waals surface area contributed by atoms with Crippen molar-refractivity contribution in [1.82, 2.24) is 5.32 Å². The normalized spacial score (nSPS) is 12.5. The van der Waals surface area contributed by atoms with Gasteiger partial charge in [0.05, 0.1) is 18.5 Å². The number of sulfonamides is 1. The minimum Gasteiger partial charge on any atom is -0.491 e. The van der Waals surface area contributed by atoms with Crippen LogP contribution in [0.4, 0.5) is 5.69 Å². The fraction of sp³-hybridized carbons (Fsp3) is 0.381. The molecule has 3 rings (SSSR count). The fourth-order valence-electron chi connectivity index (χ4n) is 3.07. The van der Waals surface area contributed by atoms with Crippen LogP contribution in [-0.4, -0.2) is 47.1 Å². The van der Waals surface area contributed by atoms with Crippen molar-refractivity contribution in [3.05, 3.63) is 48.0 Å². The van der Waals surface area contributed by atoms with E-state index in [1.54, 1.807) is 18.2 Å². The van der Waals surface area contributed by atoms with Gasteiger partial charge in [0.15, 0.2) is 11.5 Å². The van der Waals surface area contributed by atoms with Crippen LogP contribution >= 0.6 is 0 Å². The summed E-state index contributed by atoms with van der Waals surface area (Å²) in [6.45, 7) is 3.01. The first-order chi connectivity index (χ1) is 14.3. The average molecular weight is 435 g/mol. The van der Waals surface area contributed by atoms with E-state index >= 15 is 0 Å². The van der Waals surface area contributed by atoms with Gasteiger partial charge in [0.1, 0.15) is 12.4 Å². The number of aryl methyl sites for hydroxylation is 1. The van der Waals surface area contributed by atoms with Crippen molar-refractivity contribution in [3.63, 3.8) is 0 Å². The smallest absolute Gasteiger partial charge is 0.232 e. The van der Waals surface area contributed by atoms with E-state index < -0.39 is 10.0 Å². The summed E-state index contributed by atoms with van der Waals surface area (Å²) in [6, 6.07) is 12.7. The molecular weight excluding hydrogens is 408 g/mol. The zero-order valence-corrected chi connectivity index (χ0v) is 17.9. The number of benzene rings is 2. The third kappa shape index (κ3) is 5.79. The van der Waals surface area contributed by atoms with Crippen LogP contribution in [0, 0.1) is 6.92 Å². The van der Waals surface area contributed by atoms with Gasteiger partial charge >= 0.3 is 0 Å². The molecule has 162 valence electrons. The van der Waals surface area contributed by atoms with E-state index in [1.807, 2.05) is 31.2 Å². The zero-order chi connectivity index (χ0) is 21.6. The van der Waals surface area contributed by atoms with Crippen LogP contribution in [0.1, 0.15) is 18.4 Å². The molecule has 2 aromatic carbocycles. The molecule has 0 atom stereocenters. The van der Waals surface area contributed by atoms with Crippen LogP contribution in [0.2, 0.25) is 0 Å². The van der Waals surface area contributed by atoms with Crippen molar-refractivity contribution >= 4 is 21.6 Å². The van der Waals surface area contributed by atoms with Crippen molar-refractivity contribution in [2.45, 2.75) is 19.8 Å². The second-order valence-electron chi connectivity index (χ2n) is 6.94. The molecule has 1 N–H and O–H groups in total. The maximum atomic E-state index is 12.2. The molecule has 0 saturated carbocycles. The fourth-order valence-corrected chi connectivity index (χ4v) is 4.03. The van der Waals surface area contributed by atoms with Crippen molar-refractivity contribution in [2.24, 2.45) is 0 Å². The Morgan fingerprint density at radius 2 is 1.93 bits per heavy atom. The van der Waals surface area contributed by atoms with Crippen LogP contribution in [0.25, 0.3) is 0 Å². The molecule has 1 aliphatic heterocycles. The number of para-hydroxylation sites is 1. The zero-order valence-electron chi connectivity index (χ0n) is 17.1. The first-order valence-corrected chi connectivity index (χ1v) is 11.5. The first-order valence-electron chi connectivity index (χ1n) is 9.67. The largest absolute Gasteiger partial charge is 0.491 e. The summed E-state index contributed by atoms with van der Waals surface area (Å²) < 4.78 is 41.9. The van der Waals surface area contributed by atoms with Gasteiger partial charge in [0.25, 0.3) is 0 Å². The molecule has 0 fully saturated rings. The molecular formula is C21H26N2O6S. The Morgan fingerprint density at radius 1 is 1.17 bits per heavy atom. The van der Waals surface area contributed by atoms with Gasteiger partial charge < -0.3 is 19.5 Å². The topological polar surface area (TPSA) is 94.2 Å². The Bertz CT molecular complexity index is 993. The average Bonchev–Trinajstić information content (AvgIpc) is 3.16. The number of hydrogen-bond donors (Lipinski definition) is 1. The summed E-state index contributed by atoms with van der Waals surface area (Å²) in [6.07, 6.45) is 1.73. The summed E-state index contributed by atoms with van der Waals surface area (Å²) >= 11 is 0. The van der Waals surface area contributed by atoms with Gasteiger partial charge in [0, 0.05) is 19.0 Å². The minimum absolute atomic E-state index is 0.116. The van der Waals surface area contributed by atoms with E-state index in [0.717, 1.165) is 17.6 Å². The quantitative estimate of drug-likeness (QED) is 0.578. The number of nitrogens with one attached hydrogen (secondary N) is 1. The Kier molecular flexibility index (Phi) is 7.04. The molecule has 1 aliphatic rings. The Morgan fingerprint density at radius 3 is 2.70 bits per heavy atom. The monoisotopic (exact) mass is 434 g/mol. The number of anilines is 1. The summed E-state index contributed by atoms with van der Waals surface area (Å²) in [5, 5.41) is 2.79. The molecule has 8 nitrogen and oxygen atoms in total. The van der Waals surface area contributed by atoms with Crippen LogP contribution in [-0.2, 0) is 14.8 Å². The van der Waals surface area contributed by atoms with E-state index in [2.05, 4.69) is 5.32 Å². The van der Waals surface area contributed by atoms with Gasteiger partial charge in [-0.2, -0.15) is 0 Å². The van der Waals surface area contributed by atoms with E-state index in [9.17, 15) is 13.2 Å². The highest BCUT2D eigenvalue weighted by molar-refractivity contribution is 7.92. The maximum Gasteiger partial charge on any atom is 0.232 e. The van der Waals surface area contributed by atoms with E-state index in [4.69, 9.17) is 14.2 Å². The summed E-state index contributed by atoms with van der Waals surface area (Å²) in [4.78, 5) is 12.1. The van der Waals surface area contributed by atoms with Crippen molar-refractivity contribution < 1.29 is 27.4 Å². The number of amides is 1. The lowest BCUT2D eigenvalue weighted by atomic mass is 10.2. The number of carbonyl (C=O) groups is 1. The van der Waals surface area contributed by atoms with Crippen LogP contribution in [0.15, 0.2) is 42.5 Å². The Labute approximate surface area is 176 Å². The van der Waals surface area contributed by atoms with Crippen molar-refractivity contribution in [1.29, 1.82) is 0 Å². The second-order valence-corrected chi connectivity index (χ2v) is 8.85. The molecule has 0 spiro atoms. The molecule has 0 unspecified atom stereocenters. The Hall–Kier alpha value is -2.94. The predicted molar refractivity (Wildman–Crippen MR) is 114 cm³/mol. The molecule has 1 amide bonds. The minimum atomic E-state index is -3.50. The highest BCUT2D eigenvalue weighted by atomic mass is 32.2. The third-order valence-electron chi connectivity index (χ3n) is 4.58. The number of nitrogens with zero attached hydrogens (tertiary/aromatic N) is 1. The molecule has 0 bridgehead atoms. The van der Waals surface area contributed by atoms with E-state index in [1.165, 1.54) is 4.31 Å². The van der Waals surface area contributed by atoms with Gasteiger partial charge in [-0.3, -0.25) is 9.10 Å². The first kappa shape index (κ1) is 21.8. The van der Waals surface area contributed by atoms with Crippen LogP contribution < -0.4 is 23.8 Å². The molecule has 2 aromatic rings. The van der Waals surface area contributed by atoms with Crippen molar-refractivity contribution in [2.75, 3.05) is 37.1 Å². The highest BCUT2D eigenvalue weighted by Crippen LogP contribution is 2.36. The molecule has 0 saturated heterocycles. The van der Waals surface area contributed by atoms with Gasteiger partial charge in [-0.05, 0) is 37.1 Å². The number of rotatable bonds is 10. The lowest BCUT2D eigenvalue weighted by Crippen LogP contribution is -2.32. The highest BCUT2D eigenvalue weighted by Gasteiger charge is 2.21. The Balaban J connectivity index is 1.45. The number of carbonyl (C=O) groups excluding carboxylic acids is 1. The lowest BCUT2D eigenvalue weighted by molar-refractivity contribution is -0.121. The molecule has 0 radical (unpaired) electrons. The van der Waals surface area contributed by atoms with Gasteiger partial charge in [0.2, 0.25) is 22.7 Å². The maximum absolute atomic E-state index is 12.2. The third-order valence-corrected chi connectivity index (χ3v) is 5.78. The summed E-state index contributed by atoms with van der Waals surface area (Å²) in [7, 11) is -3.50. The van der Waals surface area contributed by atoms with Crippen LogP contribution in [0.3, 0.4) is 0 Å². The van der Waals surface area contributed by atoms with E-state index in [0.29, 0.717) is 36.8 Å². The molecule has 0 aromatic heterocycles. The SMILES string of the molecule is Cc1ccccc1OCCNC(=O)CCCN(c1ccc2c(c1)OCO2)S(C)(=O)=O. The van der Waals surface area contributed by atoms with E-state index in [-0.39, 0.29) is 25.7 Å². The summed E-state index contributed by atoms with van der Waals surface area (Å²) in [5.41, 5.74) is 1.52. The van der Waals surface area contributed by atoms with Gasteiger partial charge in [-0.1, -0.05) is 18.2 Å². The molecule has 9 heteroatoms. The standard InChI is InChI=1S/C21H26N2O6S/c1-16-6-3-4-7-18(16)27-13-11-22-21(24)8-5-12-23(30(2,25)26)17-9-10-19-20(14-17)29-15-28-19/h3-4,6-7,9-10,14H,5,8,11-13,15H2,1-2H3,(H,22,24). The van der Waals surface area contributed by atoms with Crippen LogP contribution in [0.5, 0.6) is 17.2 Å². The number of ether oxygens (including phenoxy) is 3. The molecule has 0 aliphatic carbocycles. The lowest BCUT2D eigenvalue weighted by Gasteiger charge is -2.22. The second kappa shape index (κ2) is 9.71. The number of fused-ring (bicyclic) bond motifs is 1. The summed E-state index contributed by atoms with van der Waals surface area (Å²) in [5.74, 6) is 1.73. The number of hydrogen-bond acceptors (Lipinski definition) is 6.